The van der Waals surface area contributed by atoms with E-state index in [1.165, 1.54) is 18.6 Å². The summed E-state index contributed by atoms with van der Waals surface area (Å²) in [6.07, 6.45) is 3.36. The number of anilines is 1. The topological polar surface area (TPSA) is 110 Å². The van der Waals surface area contributed by atoms with Gasteiger partial charge in [-0.15, -0.1) is 0 Å². The van der Waals surface area contributed by atoms with Crippen molar-refractivity contribution in [2.75, 3.05) is 12.3 Å². The monoisotopic (exact) mass is 266 g/mol. The van der Waals surface area contributed by atoms with Gasteiger partial charge < -0.3 is 11.1 Å². The average Bonchev–Trinajstić information content (AvgIpc) is 2.85. The van der Waals surface area contributed by atoms with Crippen molar-refractivity contribution in [1.82, 2.24) is 25.5 Å². The number of aromatic amines is 1. The van der Waals surface area contributed by atoms with Crippen LogP contribution >= 0.6 is 11.6 Å². The molecule has 4 N–H and O–H groups in total. The van der Waals surface area contributed by atoms with Gasteiger partial charge in [0.05, 0.1) is 17.4 Å². The van der Waals surface area contributed by atoms with E-state index in [9.17, 15) is 4.79 Å². The number of carbonyl (C=O) groups excluding carboxylic acids is 1. The third-order valence-electron chi connectivity index (χ3n) is 2.22. The number of rotatable bonds is 4. The van der Waals surface area contributed by atoms with Crippen LogP contribution < -0.4 is 11.1 Å². The molecule has 8 heteroatoms. The molecule has 0 saturated heterocycles. The molecule has 0 fully saturated rings. The van der Waals surface area contributed by atoms with Gasteiger partial charge in [0, 0.05) is 13.0 Å². The maximum Gasteiger partial charge on any atom is 0.254 e. The number of H-pyrrole nitrogens is 1. The smallest absolute Gasteiger partial charge is 0.254 e. The Bertz CT molecular complexity index is 541. The Morgan fingerprint density at radius 1 is 1.50 bits per heavy atom. The summed E-state index contributed by atoms with van der Waals surface area (Å²) in [5.41, 5.74) is 6.19. The van der Waals surface area contributed by atoms with Crippen LogP contribution in [0.2, 0.25) is 5.15 Å². The molecule has 18 heavy (non-hydrogen) atoms. The van der Waals surface area contributed by atoms with Gasteiger partial charge in [-0.05, 0) is 6.07 Å². The summed E-state index contributed by atoms with van der Waals surface area (Å²) >= 11 is 5.81. The third-order valence-corrected chi connectivity index (χ3v) is 2.52. The molecule has 7 nitrogen and oxygen atoms in total. The Balaban J connectivity index is 1.93. The van der Waals surface area contributed by atoms with Crippen LogP contribution in [0.4, 0.5) is 5.69 Å². The van der Waals surface area contributed by atoms with E-state index < -0.39 is 0 Å². The number of nitrogens with two attached hydrogens (primary N) is 1. The predicted molar refractivity (Wildman–Crippen MR) is 66.1 cm³/mol. The number of nitrogen functional groups attached to an aromatic ring is 1. The van der Waals surface area contributed by atoms with Crippen LogP contribution in [0, 0.1) is 0 Å². The summed E-state index contributed by atoms with van der Waals surface area (Å²) in [6.45, 7) is 0.416. The molecule has 0 unspecified atom stereocenters. The lowest BCUT2D eigenvalue weighted by atomic mass is 10.2. The van der Waals surface area contributed by atoms with Crippen molar-refractivity contribution in [2.24, 2.45) is 0 Å². The van der Waals surface area contributed by atoms with E-state index in [-0.39, 0.29) is 16.6 Å². The molecule has 0 spiro atoms. The first-order valence-electron chi connectivity index (χ1n) is 5.20. The van der Waals surface area contributed by atoms with Gasteiger partial charge in [0.25, 0.3) is 5.91 Å². The van der Waals surface area contributed by atoms with Crippen LogP contribution in [0.25, 0.3) is 0 Å². The number of amides is 1. The molecular weight excluding hydrogens is 256 g/mol. The Kier molecular flexibility index (Phi) is 3.73. The fraction of sp³-hybridized carbons (Fsp3) is 0.200. The molecular formula is C10H11ClN6O. The van der Waals surface area contributed by atoms with E-state index in [0.29, 0.717) is 24.5 Å². The third kappa shape index (κ3) is 2.95. The minimum Gasteiger partial charge on any atom is -0.397 e. The fourth-order valence-electron chi connectivity index (χ4n) is 1.36. The molecule has 0 bridgehead atoms. The van der Waals surface area contributed by atoms with Crippen molar-refractivity contribution in [3.8, 4) is 0 Å². The van der Waals surface area contributed by atoms with Gasteiger partial charge in [-0.3, -0.25) is 9.89 Å². The van der Waals surface area contributed by atoms with Crippen LogP contribution in [0.15, 0.2) is 18.6 Å². The highest BCUT2D eigenvalue weighted by Crippen LogP contribution is 2.15. The lowest BCUT2D eigenvalue weighted by molar-refractivity contribution is 0.0954. The first kappa shape index (κ1) is 12.3. The molecule has 2 aromatic heterocycles. The normalized spacial score (nSPS) is 10.3. The van der Waals surface area contributed by atoms with E-state index in [4.69, 9.17) is 17.3 Å². The highest BCUT2D eigenvalue weighted by atomic mass is 35.5. The molecule has 0 saturated carbocycles. The maximum atomic E-state index is 11.8. The molecule has 1 amide bonds. The average molecular weight is 267 g/mol. The number of halogens is 1. The first-order valence-corrected chi connectivity index (χ1v) is 5.58. The second kappa shape index (κ2) is 5.46. The van der Waals surface area contributed by atoms with Crippen molar-refractivity contribution in [1.29, 1.82) is 0 Å². The Labute approximate surface area is 108 Å². The van der Waals surface area contributed by atoms with E-state index in [0.717, 1.165) is 0 Å². The Morgan fingerprint density at radius 3 is 3.06 bits per heavy atom. The number of hydrogen-bond acceptors (Lipinski definition) is 5. The van der Waals surface area contributed by atoms with Gasteiger partial charge in [-0.2, -0.15) is 5.10 Å². The lowest BCUT2D eigenvalue weighted by Crippen LogP contribution is -2.26. The van der Waals surface area contributed by atoms with Crippen molar-refractivity contribution in [3.63, 3.8) is 0 Å². The number of carbonyl (C=O) groups is 1. The lowest BCUT2D eigenvalue weighted by Gasteiger charge is -2.05. The van der Waals surface area contributed by atoms with Crippen molar-refractivity contribution >= 4 is 23.2 Å². The molecule has 2 rings (SSSR count). The number of pyridine rings is 1. The fourth-order valence-corrected chi connectivity index (χ4v) is 1.55. The van der Waals surface area contributed by atoms with Crippen molar-refractivity contribution in [2.45, 2.75) is 6.42 Å². The molecule has 0 aromatic carbocycles. The molecule has 0 aliphatic carbocycles. The van der Waals surface area contributed by atoms with Crippen LogP contribution in [0.5, 0.6) is 0 Å². The van der Waals surface area contributed by atoms with E-state index in [1.54, 1.807) is 0 Å². The van der Waals surface area contributed by atoms with Crippen molar-refractivity contribution in [3.05, 3.63) is 35.1 Å². The first-order chi connectivity index (χ1) is 8.66. The highest BCUT2D eigenvalue weighted by molar-refractivity contribution is 6.32. The number of nitrogens with zero attached hydrogens (tertiary/aromatic N) is 3. The van der Waals surface area contributed by atoms with E-state index in [2.05, 4.69) is 25.5 Å². The zero-order valence-corrected chi connectivity index (χ0v) is 10.1. The molecule has 2 heterocycles. The van der Waals surface area contributed by atoms with Crippen molar-refractivity contribution < 1.29 is 4.79 Å². The number of hydrogen-bond donors (Lipinski definition) is 3. The summed E-state index contributed by atoms with van der Waals surface area (Å²) in [7, 11) is 0. The SMILES string of the molecule is Nc1cnc(Cl)c(C(=O)NCCc2ncn[nH]2)c1. The minimum absolute atomic E-state index is 0.126. The van der Waals surface area contributed by atoms with Crippen LogP contribution in [-0.2, 0) is 6.42 Å². The summed E-state index contributed by atoms with van der Waals surface area (Å²) in [6, 6.07) is 1.49. The summed E-state index contributed by atoms with van der Waals surface area (Å²) in [4.78, 5) is 19.6. The van der Waals surface area contributed by atoms with Gasteiger partial charge >= 0.3 is 0 Å². The Morgan fingerprint density at radius 2 is 2.33 bits per heavy atom. The summed E-state index contributed by atoms with van der Waals surface area (Å²) in [5.74, 6) is 0.381. The molecule has 94 valence electrons. The predicted octanol–water partition coefficient (Wildman–Crippen LogP) is 0.408. The molecule has 0 aliphatic heterocycles. The summed E-state index contributed by atoms with van der Waals surface area (Å²) < 4.78 is 0. The largest absolute Gasteiger partial charge is 0.397 e. The van der Waals surface area contributed by atoms with Gasteiger partial charge in [0.1, 0.15) is 17.3 Å². The van der Waals surface area contributed by atoms with Gasteiger partial charge in [0.2, 0.25) is 0 Å². The second-order valence-electron chi connectivity index (χ2n) is 3.55. The zero-order valence-electron chi connectivity index (χ0n) is 9.35. The van der Waals surface area contributed by atoms with Gasteiger partial charge in [0.15, 0.2) is 0 Å². The quantitative estimate of drug-likeness (QED) is 0.694. The Hall–Kier alpha value is -2.15. The minimum atomic E-state index is -0.320. The second-order valence-corrected chi connectivity index (χ2v) is 3.90. The van der Waals surface area contributed by atoms with Gasteiger partial charge in [-0.1, -0.05) is 11.6 Å². The van der Waals surface area contributed by atoms with Crippen LogP contribution in [0.3, 0.4) is 0 Å². The standard InChI is InChI=1S/C10H11ClN6O/c11-9-7(3-6(12)4-14-9)10(18)13-2-1-8-15-5-16-17-8/h3-5H,1-2,12H2,(H,13,18)(H,15,16,17). The van der Waals surface area contributed by atoms with Crippen LogP contribution in [0.1, 0.15) is 16.2 Å². The van der Waals surface area contributed by atoms with E-state index >= 15 is 0 Å². The van der Waals surface area contributed by atoms with E-state index in [1.807, 2.05) is 0 Å². The van der Waals surface area contributed by atoms with Gasteiger partial charge in [-0.25, -0.2) is 9.97 Å². The molecule has 2 aromatic rings. The number of nitrogens with one attached hydrogen (secondary N) is 2. The molecule has 0 radical (unpaired) electrons. The maximum absolute atomic E-state index is 11.8. The number of aromatic nitrogens is 4. The molecule has 0 atom stereocenters. The van der Waals surface area contributed by atoms with Crippen LogP contribution in [-0.4, -0.2) is 32.6 Å². The summed E-state index contributed by atoms with van der Waals surface area (Å²) in [5, 5.41) is 9.23. The molecule has 0 aliphatic rings. The highest BCUT2D eigenvalue weighted by Gasteiger charge is 2.11. The zero-order chi connectivity index (χ0) is 13.0.